The van der Waals surface area contributed by atoms with Gasteiger partial charge in [-0.25, -0.2) is 9.97 Å². The number of nitrogens with zero attached hydrogens (tertiary/aromatic N) is 2. The number of nitrogens with one attached hydrogen (secondary N) is 2. The molecule has 0 aliphatic carbocycles. The van der Waals surface area contributed by atoms with Crippen molar-refractivity contribution in [1.29, 1.82) is 0 Å². The first kappa shape index (κ1) is 19.3. The van der Waals surface area contributed by atoms with Gasteiger partial charge >= 0.3 is 6.18 Å². The van der Waals surface area contributed by atoms with Gasteiger partial charge in [-0.05, 0) is 36.2 Å². The van der Waals surface area contributed by atoms with Crippen molar-refractivity contribution in [2.24, 2.45) is 0 Å². The Balaban J connectivity index is 1.70. The third kappa shape index (κ3) is 4.64. The van der Waals surface area contributed by atoms with E-state index in [0.29, 0.717) is 5.82 Å². The molecule has 2 aromatic carbocycles. The van der Waals surface area contributed by atoms with Crippen molar-refractivity contribution in [3.63, 3.8) is 0 Å². The Kier molecular flexibility index (Phi) is 5.58. The Morgan fingerprint density at radius 1 is 1.00 bits per heavy atom. The number of anilines is 3. The molecule has 0 aliphatic heterocycles. The molecule has 0 bridgehead atoms. The topological polar surface area (TPSA) is 66.9 Å². The average molecular weight is 386 g/mol. The van der Waals surface area contributed by atoms with Crippen molar-refractivity contribution in [1.82, 2.24) is 9.97 Å². The highest BCUT2D eigenvalue weighted by Crippen LogP contribution is 2.34. The van der Waals surface area contributed by atoms with E-state index in [1.54, 1.807) is 0 Å². The first-order valence-corrected chi connectivity index (χ1v) is 8.52. The Hall–Kier alpha value is -3.42. The quantitative estimate of drug-likeness (QED) is 0.644. The lowest BCUT2D eigenvalue weighted by atomic mass is 10.1. The van der Waals surface area contributed by atoms with Crippen molar-refractivity contribution < 1.29 is 18.0 Å². The fourth-order valence-corrected chi connectivity index (χ4v) is 2.51. The molecule has 144 valence electrons. The van der Waals surface area contributed by atoms with Crippen LogP contribution in [0.3, 0.4) is 0 Å². The summed E-state index contributed by atoms with van der Waals surface area (Å²) in [5, 5.41) is 5.28. The van der Waals surface area contributed by atoms with Crippen LogP contribution in [0.4, 0.5) is 30.4 Å². The third-order valence-corrected chi connectivity index (χ3v) is 4.00. The van der Waals surface area contributed by atoms with E-state index in [4.69, 9.17) is 0 Å². The molecule has 1 heterocycles. The van der Waals surface area contributed by atoms with Crippen molar-refractivity contribution >= 4 is 23.1 Å². The highest BCUT2D eigenvalue weighted by molar-refractivity contribution is 6.03. The van der Waals surface area contributed by atoms with Crippen LogP contribution in [0.1, 0.15) is 28.5 Å². The van der Waals surface area contributed by atoms with Crippen LogP contribution in [-0.2, 0) is 12.6 Å². The molecule has 0 saturated heterocycles. The summed E-state index contributed by atoms with van der Waals surface area (Å²) >= 11 is 0. The third-order valence-electron chi connectivity index (χ3n) is 4.00. The van der Waals surface area contributed by atoms with Gasteiger partial charge in [-0.2, -0.15) is 13.2 Å². The molecule has 8 heteroatoms. The van der Waals surface area contributed by atoms with E-state index < -0.39 is 17.6 Å². The first-order valence-electron chi connectivity index (χ1n) is 8.52. The van der Waals surface area contributed by atoms with Crippen LogP contribution in [0, 0.1) is 0 Å². The van der Waals surface area contributed by atoms with Crippen molar-refractivity contribution in [3.8, 4) is 0 Å². The zero-order valence-electron chi connectivity index (χ0n) is 14.9. The van der Waals surface area contributed by atoms with Gasteiger partial charge in [0.15, 0.2) is 0 Å². The molecule has 0 radical (unpaired) electrons. The second-order valence-corrected chi connectivity index (χ2v) is 5.96. The normalized spacial score (nSPS) is 11.1. The lowest BCUT2D eigenvalue weighted by Crippen LogP contribution is -2.18. The molecule has 0 atom stereocenters. The molecule has 0 unspecified atom stereocenters. The van der Waals surface area contributed by atoms with E-state index >= 15 is 0 Å². The number of hydrogen-bond acceptors (Lipinski definition) is 4. The number of para-hydroxylation sites is 1. The molecule has 3 aromatic rings. The van der Waals surface area contributed by atoms with Gasteiger partial charge in [0.05, 0.1) is 23.6 Å². The van der Waals surface area contributed by atoms with Crippen molar-refractivity contribution in [2.45, 2.75) is 19.5 Å². The molecule has 28 heavy (non-hydrogen) atoms. The molecule has 2 N–H and O–H groups in total. The Morgan fingerprint density at radius 2 is 1.71 bits per heavy atom. The first-order chi connectivity index (χ1) is 13.4. The zero-order valence-corrected chi connectivity index (χ0v) is 14.9. The van der Waals surface area contributed by atoms with Gasteiger partial charge < -0.3 is 10.6 Å². The number of alkyl halides is 3. The highest BCUT2D eigenvalue weighted by atomic mass is 19.4. The molecule has 5 nitrogen and oxygen atoms in total. The van der Waals surface area contributed by atoms with Gasteiger partial charge in [0, 0.05) is 5.69 Å². The van der Waals surface area contributed by atoms with E-state index in [2.05, 4.69) is 27.5 Å². The van der Waals surface area contributed by atoms with E-state index in [-0.39, 0.29) is 11.4 Å². The number of carbonyl (C=O) groups is 1. The molecule has 0 aliphatic rings. The predicted molar refractivity (Wildman–Crippen MR) is 101 cm³/mol. The number of aromatic nitrogens is 2. The standard InChI is InChI=1S/C20H17F3N4O/c1-2-13-7-9-14(10-8-13)26-18-12-24-17(11-25-18)19(28)27-16-6-4-3-5-15(16)20(21,22)23/h3-12H,2H2,1H3,(H,25,26)(H,27,28). The molecule has 1 amide bonds. The van der Waals surface area contributed by atoms with Crippen LogP contribution in [0.2, 0.25) is 0 Å². The maximum Gasteiger partial charge on any atom is 0.418 e. The maximum absolute atomic E-state index is 13.0. The van der Waals surface area contributed by atoms with Crippen molar-refractivity contribution in [2.75, 3.05) is 10.6 Å². The number of rotatable bonds is 5. The Morgan fingerprint density at radius 3 is 2.32 bits per heavy atom. The molecule has 1 aromatic heterocycles. The highest BCUT2D eigenvalue weighted by Gasteiger charge is 2.33. The number of halogens is 3. The fourth-order valence-electron chi connectivity index (χ4n) is 2.51. The SMILES string of the molecule is CCc1ccc(Nc2cnc(C(=O)Nc3ccccc3C(F)(F)F)cn2)cc1. The fraction of sp³-hybridized carbons (Fsp3) is 0.150. The van der Waals surface area contributed by atoms with Crippen LogP contribution in [0.25, 0.3) is 0 Å². The number of amides is 1. The van der Waals surface area contributed by atoms with Crippen LogP contribution in [0.5, 0.6) is 0 Å². The van der Waals surface area contributed by atoms with E-state index in [1.165, 1.54) is 36.2 Å². The number of benzene rings is 2. The molecule has 0 spiro atoms. The summed E-state index contributed by atoms with van der Waals surface area (Å²) in [6, 6.07) is 12.5. The smallest absolute Gasteiger partial charge is 0.339 e. The summed E-state index contributed by atoms with van der Waals surface area (Å²) in [5.74, 6) is -0.362. The predicted octanol–water partition coefficient (Wildman–Crippen LogP) is 5.05. The molecular formula is C20H17F3N4O. The van der Waals surface area contributed by atoms with Crippen LogP contribution in [-0.4, -0.2) is 15.9 Å². The van der Waals surface area contributed by atoms with Crippen molar-refractivity contribution in [3.05, 3.63) is 77.7 Å². The Bertz CT molecular complexity index is 954. The van der Waals surface area contributed by atoms with Gasteiger partial charge in [0.1, 0.15) is 11.5 Å². The monoisotopic (exact) mass is 386 g/mol. The van der Waals surface area contributed by atoms with Crippen LogP contribution < -0.4 is 10.6 Å². The van der Waals surface area contributed by atoms with Gasteiger partial charge in [0.2, 0.25) is 0 Å². The van der Waals surface area contributed by atoms with Crippen LogP contribution >= 0.6 is 0 Å². The number of carbonyl (C=O) groups excluding carboxylic acids is 1. The Labute approximate surface area is 159 Å². The van der Waals surface area contributed by atoms with E-state index in [0.717, 1.165) is 18.2 Å². The minimum atomic E-state index is -4.57. The summed E-state index contributed by atoms with van der Waals surface area (Å²) in [5.41, 5.74) is 0.652. The van der Waals surface area contributed by atoms with Gasteiger partial charge in [0.25, 0.3) is 5.91 Å². The zero-order chi connectivity index (χ0) is 20.1. The lowest BCUT2D eigenvalue weighted by molar-refractivity contribution is -0.136. The van der Waals surface area contributed by atoms with Gasteiger partial charge in [-0.3, -0.25) is 4.79 Å². The minimum absolute atomic E-state index is 0.0936. The number of aryl methyl sites for hydroxylation is 1. The summed E-state index contributed by atoms with van der Waals surface area (Å²) < 4.78 is 39.1. The van der Waals surface area contributed by atoms with E-state index in [9.17, 15) is 18.0 Å². The largest absolute Gasteiger partial charge is 0.418 e. The molecule has 0 fully saturated rings. The second-order valence-electron chi connectivity index (χ2n) is 5.96. The maximum atomic E-state index is 13.0. The summed E-state index contributed by atoms with van der Waals surface area (Å²) in [4.78, 5) is 20.3. The second kappa shape index (κ2) is 8.08. The van der Waals surface area contributed by atoms with E-state index in [1.807, 2.05) is 24.3 Å². The summed E-state index contributed by atoms with van der Waals surface area (Å²) in [6.45, 7) is 2.06. The molecule has 0 saturated carbocycles. The summed E-state index contributed by atoms with van der Waals surface area (Å²) in [7, 11) is 0. The number of hydrogen-bond donors (Lipinski definition) is 2. The van der Waals surface area contributed by atoms with Gasteiger partial charge in [-0.15, -0.1) is 0 Å². The lowest BCUT2D eigenvalue weighted by Gasteiger charge is -2.13. The molecule has 3 rings (SSSR count). The van der Waals surface area contributed by atoms with Crippen LogP contribution in [0.15, 0.2) is 60.9 Å². The molecular weight excluding hydrogens is 369 g/mol. The average Bonchev–Trinajstić information content (AvgIpc) is 2.69. The van der Waals surface area contributed by atoms with Gasteiger partial charge in [-0.1, -0.05) is 31.2 Å². The minimum Gasteiger partial charge on any atom is -0.339 e. The summed E-state index contributed by atoms with van der Waals surface area (Å²) in [6.07, 6.45) is -1.09.